The van der Waals surface area contributed by atoms with Crippen LogP contribution >= 0.6 is 0 Å². The lowest BCUT2D eigenvalue weighted by Crippen LogP contribution is -2.26. The quantitative estimate of drug-likeness (QED) is 0.215. The van der Waals surface area contributed by atoms with Gasteiger partial charge in [0.2, 0.25) is 0 Å². The van der Waals surface area contributed by atoms with Gasteiger partial charge < -0.3 is 16.2 Å². The Morgan fingerprint density at radius 2 is 1.63 bits per heavy atom. The summed E-state index contributed by atoms with van der Waals surface area (Å²) in [5.74, 6) is 2.90. The Bertz CT molecular complexity index is 1360. The van der Waals surface area contributed by atoms with Gasteiger partial charge in [0.05, 0.1) is 11.4 Å². The molecule has 4 aromatic rings. The average molecular weight is 511 g/mol. The molecule has 0 saturated carbocycles. The van der Waals surface area contributed by atoms with E-state index in [9.17, 15) is 4.79 Å². The summed E-state index contributed by atoms with van der Waals surface area (Å²) in [4.78, 5) is 18.5. The fourth-order valence-electron chi connectivity index (χ4n) is 3.54. The molecule has 196 valence electrons. The zero-order valence-electron chi connectivity index (χ0n) is 22.2. The maximum atomic E-state index is 10.1. The number of ketones is 1. The van der Waals surface area contributed by atoms with Crippen molar-refractivity contribution in [1.82, 2.24) is 9.97 Å². The molecule has 0 aliphatic carbocycles. The summed E-state index contributed by atoms with van der Waals surface area (Å²) in [6.07, 6.45) is 4.57. The predicted octanol–water partition coefficient (Wildman–Crippen LogP) is 6.48. The lowest BCUT2D eigenvalue weighted by atomic mass is 10.2. The van der Waals surface area contributed by atoms with Crippen molar-refractivity contribution in [3.63, 3.8) is 0 Å². The fraction of sp³-hybridized carbons (Fsp3) is 0.167. The average Bonchev–Trinajstić information content (AvgIpc) is 3.66. The first-order valence-electron chi connectivity index (χ1n) is 12.5. The molecule has 0 radical (unpaired) electrons. The second-order valence-electron chi connectivity index (χ2n) is 8.05. The van der Waals surface area contributed by atoms with Crippen molar-refractivity contribution >= 4 is 34.5 Å². The van der Waals surface area contributed by atoms with Crippen LogP contribution in [0, 0.1) is 6.92 Å². The van der Waals surface area contributed by atoms with E-state index in [0.717, 1.165) is 34.4 Å². The highest BCUT2D eigenvalue weighted by Gasteiger charge is 2.41. The third-order valence-corrected chi connectivity index (χ3v) is 5.19. The van der Waals surface area contributed by atoms with Gasteiger partial charge in [0, 0.05) is 6.54 Å². The number of aryl methyl sites for hydroxylation is 1. The number of fused-ring (bicyclic) bond motifs is 1. The number of hydrogen-bond acceptors (Lipinski definition) is 8. The van der Waals surface area contributed by atoms with Gasteiger partial charge in [0.25, 0.3) is 0 Å². The minimum atomic E-state index is 0.0467. The molecule has 0 amide bonds. The molecule has 2 heterocycles. The molecule has 8 nitrogen and oxygen atoms in total. The van der Waals surface area contributed by atoms with Crippen molar-refractivity contribution in [2.24, 2.45) is 5.73 Å². The number of carbonyl (C=O) groups is 1. The number of ether oxygens (including phenoxy) is 1. The SMILES string of the molecule is CC.CC(=O)/C=C/CN.Cc1cccc(N(c2ccc(Oc3ccccc3)cc2)N2c3ncnc(N)c32)c1. The standard InChI is InChI=1S/C23H19N5O.C5H9NO.C2H6/c1-16-6-5-7-18(14-16)27(28-21-22(24)25-15-26-23(21)28)17-10-12-20(13-11-17)29-19-8-3-2-4-9-19;1-5(7)3-2-4-6;1-2/h2-15H,1H3,(H2,24,25,26);2-3H,4,6H2,1H3;1-2H3/b;3-2+;. The third kappa shape index (κ3) is 7.18. The molecule has 38 heavy (non-hydrogen) atoms. The molecule has 0 saturated heterocycles. The van der Waals surface area contributed by atoms with Crippen LogP contribution in [0.1, 0.15) is 26.3 Å². The third-order valence-electron chi connectivity index (χ3n) is 5.19. The van der Waals surface area contributed by atoms with Crippen LogP contribution in [-0.2, 0) is 4.79 Å². The van der Waals surface area contributed by atoms with Crippen LogP contribution in [0.2, 0.25) is 0 Å². The largest absolute Gasteiger partial charge is 0.457 e. The van der Waals surface area contributed by atoms with E-state index in [1.54, 1.807) is 6.08 Å². The van der Waals surface area contributed by atoms with Crippen LogP contribution in [0.3, 0.4) is 0 Å². The molecular formula is C30H34N6O2. The summed E-state index contributed by atoms with van der Waals surface area (Å²) in [5.41, 5.74) is 15.1. The van der Waals surface area contributed by atoms with Crippen LogP contribution < -0.4 is 26.2 Å². The zero-order valence-corrected chi connectivity index (χ0v) is 22.2. The summed E-state index contributed by atoms with van der Waals surface area (Å²) in [7, 11) is 0. The number of benzene rings is 3. The Balaban J connectivity index is 0.000000389. The lowest BCUT2D eigenvalue weighted by molar-refractivity contribution is -0.112. The molecule has 1 aliphatic heterocycles. The zero-order chi connectivity index (χ0) is 27.5. The van der Waals surface area contributed by atoms with Gasteiger partial charge in [-0.1, -0.05) is 50.3 Å². The molecule has 0 bridgehead atoms. The predicted molar refractivity (Wildman–Crippen MR) is 155 cm³/mol. The second kappa shape index (κ2) is 13.6. The van der Waals surface area contributed by atoms with Crippen LogP contribution in [-0.4, -0.2) is 22.3 Å². The van der Waals surface area contributed by atoms with Crippen molar-refractivity contribution in [2.45, 2.75) is 27.7 Å². The number of hydrogen-bond donors (Lipinski definition) is 2. The lowest BCUT2D eigenvalue weighted by Gasteiger charge is -2.26. The Kier molecular flexibility index (Phi) is 9.96. The van der Waals surface area contributed by atoms with Crippen LogP contribution in [0.25, 0.3) is 0 Å². The van der Waals surface area contributed by atoms with Gasteiger partial charge in [-0.05, 0) is 74.0 Å². The molecular weight excluding hydrogens is 476 g/mol. The number of hydrazine groups is 1. The maximum absolute atomic E-state index is 10.1. The number of rotatable bonds is 7. The van der Waals surface area contributed by atoms with Gasteiger partial charge in [0.15, 0.2) is 23.1 Å². The van der Waals surface area contributed by atoms with Crippen LogP contribution in [0.5, 0.6) is 11.5 Å². The van der Waals surface area contributed by atoms with E-state index in [-0.39, 0.29) is 5.78 Å². The molecule has 0 spiro atoms. The number of anilines is 5. The molecule has 4 N–H and O–H groups in total. The van der Waals surface area contributed by atoms with Crippen molar-refractivity contribution in [3.8, 4) is 11.5 Å². The van der Waals surface area contributed by atoms with Crippen LogP contribution in [0.4, 0.5) is 28.7 Å². The van der Waals surface area contributed by atoms with Gasteiger partial charge in [-0.3, -0.25) is 4.79 Å². The summed E-state index contributed by atoms with van der Waals surface area (Å²) in [6.45, 7) is 8.01. The summed E-state index contributed by atoms with van der Waals surface area (Å²) in [5, 5.41) is 4.05. The van der Waals surface area contributed by atoms with E-state index >= 15 is 0 Å². The molecule has 5 rings (SSSR count). The van der Waals surface area contributed by atoms with Crippen molar-refractivity contribution in [1.29, 1.82) is 0 Å². The number of nitrogens with zero attached hydrogens (tertiary/aromatic N) is 4. The normalized spacial score (nSPS) is 10.9. The summed E-state index contributed by atoms with van der Waals surface area (Å²) >= 11 is 0. The highest BCUT2D eigenvalue weighted by molar-refractivity contribution is 6.01. The monoisotopic (exact) mass is 510 g/mol. The number of aromatic nitrogens is 2. The van der Waals surface area contributed by atoms with Gasteiger partial charge in [-0.15, -0.1) is 0 Å². The Morgan fingerprint density at radius 3 is 2.21 bits per heavy atom. The number of para-hydroxylation sites is 1. The summed E-state index contributed by atoms with van der Waals surface area (Å²) in [6, 6.07) is 26.0. The number of carbonyl (C=O) groups excluding carboxylic acids is 1. The van der Waals surface area contributed by atoms with E-state index in [2.05, 4.69) is 40.1 Å². The number of nitrogens with two attached hydrogens (primary N) is 2. The van der Waals surface area contributed by atoms with E-state index in [1.165, 1.54) is 24.9 Å². The fourth-order valence-corrected chi connectivity index (χ4v) is 3.54. The van der Waals surface area contributed by atoms with Gasteiger partial charge >= 0.3 is 0 Å². The minimum Gasteiger partial charge on any atom is -0.457 e. The highest BCUT2D eigenvalue weighted by atomic mass is 16.5. The Labute approximate surface area is 224 Å². The van der Waals surface area contributed by atoms with Gasteiger partial charge in [0.1, 0.15) is 17.8 Å². The van der Waals surface area contributed by atoms with E-state index < -0.39 is 0 Å². The molecule has 0 unspecified atom stereocenters. The van der Waals surface area contributed by atoms with Crippen molar-refractivity contribution in [3.05, 3.63) is 103 Å². The van der Waals surface area contributed by atoms with E-state index in [4.69, 9.17) is 16.2 Å². The molecule has 1 aliphatic rings. The van der Waals surface area contributed by atoms with Gasteiger partial charge in [-0.25, -0.2) is 20.0 Å². The van der Waals surface area contributed by atoms with E-state index in [1.807, 2.05) is 79.5 Å². The summed E-state index contributed by atoms with van der Waals surface area (Å²) < 4.78 is 5.92. The molecule has 1 aromatic heterocycles. The Morgan fingerprint density at radius 1 is 0.947 bits per heavy atom. The van der Waals surface area contributed by atoms with Crippen molar-refractivity contribution < 1.29 is 9.53 Å². The topological polar surface area (TPSA) is 110 Å². The minimum absolute atomic E-state index is 0.0467. The van der Waals surface area contributed by atoms with Crippen molar-refractivity contribution in [2.75, 3.05) is 22.3 Å². The molecule has 3 aromatic carbocycles. The number of allylic oxidation sites excluding steroid dienone is 1. The first-order chi connectivity index (χ1) is 18.5. The smallest absolute Gasteiger partial charge is 0.184 e. The number of nitrogen functional groups attached to an aromatic ring is 1. The molecule has 8 heteroatoms. The Hall–Kier alpha value is -4.69. The molecule has 0 fully saturated rings. The highest BCUT2D eigenvalue weighted by Crippen LogP contribution is 2.53. The molecule has 0 atom stereocenters. The second-order valence-corrected chi connectivity index (χ2v) is 8.05. The van der Waals surface area contributed by atoms with Gasteiger partial charge in [-0.2, -0.15) is 0 Å². The first kappa shape index (κ1) is 27.9. The maximum Gasteiger partial charge on any atom is 0.184 e. The van der Waals surface area contributed by atoms with Crippen LogP contribution in [0.15, 0.2) is 97.3 Å². The first-order valence-corrected chi connectivity index (χ1v) is 12.5. The van der Waals surface area contributed by atoms with E-state index in [0.29, 0.717) is 12.4 Å².